The quantitative estimate of drug-likeness (QED) is 0.756. The molecule has 0 aliphatic heterocycles. The number of carbonyl (C=O) groups is 2. The third kappa shape index (κ3) is 3.75. The maximum atomic E-state index is 12.9. The minimum Gasteiger partial charge on any atom is -0.478 e. The van der Waals surface area contributed by atoms with Crippen molar-refractivity contribution in [2.75, 3.05) is 5.32 Å². The first-order chi connectivity index (χ1) is 7.90. The second-order valence-corrected chi connectivity index (χ2v) is 3.75. The van der Waals surface area contributed by atoms with Crippen LogP contribution in [-0.2, 0) is 0 Å². The van der Waals surface area contributed by atoms with Gasteiger partial charge >= 0.3 is 12.0 Å². The molecule has 17 heavy (non-hydrogen) atoms. The number of anilines is 1. The van der Waals surface area contributed by atoms with Gasteiger partial charge in [-0.25, -0.2) is 14.0 Å². The van der Waals surface area contributed by atoms with Crippen LogP contribution >= 0.6 is 0 Å². The van der Waals surface area contributed by atoms with Gasteiger partial charge in [-0.15, -0.1) is 0 Å². The van der Waals surface area contributed by atoms with Crippen molar-refractivity contribution in [3.63, 3.8) is 0 Å². The van der Waals surface area contributed by atoms with Gasteiger partial charge < -0.3 is 15.7 Å². The van der Waals surface area contributed by atoms with Gasteiger partial charge in [-0.2, -0.15) is 0 Å². The van der Waals surface area contributed by atoms with Gasteiger partial charge in [-0.3, -0.25) is 0 Å². The molecule has 92 valence electrons. The Morgan fingerprint density at radius 1 is 1.35 bits per heavy atom. The van der Waals surface area contributed by atoms with Crippen LogP contribution in [0.3, 0.4) is 0 Å². The van der Waals surface area contributed by atoms with Crippen LogP contribution in [0.25, 0.3) is 0 Å². The molecule has 0 unspecified atom stereocenters. The molecule has 0 saturated carbocycles. The predicted octanol–water partition coefficient (Wildman–Crippen LogP) is 2.05. The third-order valence-electron chi connectivity index (χ3n) is 1.88. The van der Waals surface area contributed by atoms with Gasteiger partial charge in [0.15, 0.2) is 0 Å². The van der Waals surface area contributed by atoms with Gasteiger partial charge in [-0.05, 0) is 32.0 Å². The highest BCUT2D eigenvalue weighted by Crippen LogP contribution is 2.16. The zero-order valence-electron chi connectivity index (χ0n) is 9.45. The Morgan fingerprint density at radius 2 is 2.00 bits per heavy atom. The number of rotatable bonds is 3. The molecule has 3 N–H and O–H groups in total. The lowest BCUT2D eigenvalue weighted by atomic mass is 10.1. The van der Waals surface area contributed by atoms with Crippen molar-refractivity contribution < 1.29 is 19.1 Å². The third-order valence-corrected chi connectivity index (χ3v) is 1.88. The summed E-state index contributed by atoms with van der Waals surface area (Å²) in [5, 5.41) is 13.7. The SMILES string of the molecule is CC(C)NC(=O)Nc1ccc(F)cc1C(=O)O. The fraction of sp³-hybridized carbons (Fsp3) is 0.273. The van der Waals surface area contributed by atoms with E-state index in [2.05, 4.69) is 10.6 Å². The average molecular weight is 240 g/mol. The van der Waals surface area contributed by atoms with Crippen molar-refractivity contribution >= 4 is 17.7 Å². The molecule has 1 aromatic carbocycles. The first-order valence-corrected chi connectivity index (χ1v) is 5.00. The Hall–Kier alpha value is -2.11. The Balaban J connectivity index is 2.91. The number of aromatic carboxylic acids is 1. The Labute approximate surface area is 97.6 Å². The molecule has 0 spiro atoms. The molecule has 5 nitrogen and oxygen atoms in total. The van der Waals surface area contributed by atoms with Crippen LogP contribution in [-0.4, -0.2) is 23.1 Å². The highest BCUT2D eigenvalue weighted by atomic mass is 19.1. The van der Waals surface area contributed by atoms with Crippen LogP contribution in [0.1, 0.15) is 24.2 Å². The molecule has 0 aliphatic rings. The minimum absolute atomic E-state index is 0.0528. The fourth-order valence-electron chi connectivity index (χ4n) is 1.22. The average Bonchev–Trinajstić information content (AvgIpc) is 2.19. The highest BCUT2D eigenvalue weighted by molar-refractivity contribution is 6.00. The lowest BCUT2D eigenvalue weighted by molar-refractivity contribution is 0.0697. The zero-order valence-corrected chi connectivity index (χ0v) is 9.45. The number of hydrogen-bond acceptors (Lipinski definition) is 2. The molecular weight excluding hydrogens is 227 g/mol. The lowest BCUT2D eigenvalue weighted by Gasteiger charge is -2.11. The van der Waals surface area contributed by atoms with Gasteiger partial charge in [0.2, 0.25) is 0 Å². The van der Waals surface area contributed by atoms with Gasteiger partial charge in [-0.1, -0.05) is 0 Å². The summed E-state index contributed by atoms with van der Waals surface area (Å²) in [4.78, 5) is 22.2. The molecule has 0 aromatic heterocycles. The van der Waals surface area contributed by atoms with E-state index >= 15 is 0 Å². The van der Waals surface area contributed by atoms with Gasteiger partial charge in [0.25, 0.3) is 0 Å². The smallest absolute Gasteiger partial charge is 0.337 e. The maximum absolute atomic E-state index is 12.9. The molecule has 6 heteroatoms. The van der Waals surface area contributed by atoms with E-state index in [1.807, 2.05) is 0 Å². The summed E-state index contributed by atoms with van der Waals surface area (Å²) < 4.78 is 12.9. The van der Waals surface area contributed by atoms with Crippen LogP contribution in [0.5, 0.6) is 0 Å². The van der Waals surface area contributed by atoms with E-state index in [4.69, 9.17) is 5.11 Å². The molecule has 0 saturated heterocycles. The topological polar surface area (TPSA) is 78.4 Å². The first-order valence-electron chi connectivity index (χ1n) is 5.00. The van der Waals surface area contributed by atoms with Crippen LogP contribution < -0.4 is 10.6 Å². The Morgan fingerprint density at radius 3 is 2.53 bits per heavy atom. The Bertz CT molecular complexity index is 446. The number of carboxylic acids is 1. The molecule has 1 rings (SSSR count). The second kappa shape index (κ2) is 5.29. The molecule has 0 bridgehead atoms. The first kappa shape index (κ1) is 13.0. The molecule has 0 radical (unpaired) electrons. The number of halogens is 1. The van der Waals surface area contributed by atoms with Crippen molar-refractivity contribution in [1.29, 1.82) is 0 Å². The molecule has 0 atom stereocenters. The molecule has 0 aliphatic carbocycles. The number of amides is 2. The van der Waals surface area contributed by atoms with Crippen LogP contribution in [0.4, 0.5) is 14.9 Å². The summed E-state index contributed by atoms with van der Waals surface area (Å²) in [6, 6.07) is 2.53. The molecule has 0 heterocycles. The normalized spacial score (nSPS) is 10.1. The van der Waals surface area contributed by atoms with E-state index in [9.17, 15) is 14.0 Å². The molecular formula is C11H13FN2O3. The van der Waals surface area contributed by atoms with Crippen LogP contribution in [0, 0.1) is 5.82 Å². The summed E-state index contributed by atoms with van der Waals surface area (Å²) in [5.74, 6) is -1.97. The zero-order chi connectivity index (χ0) is 13.0. The highest BCUT2D eigenvalue weighted by Gasteiger charge is 2.13. The van der Waals surface area contributed by atoms with E-state index in [1.165, 1.54) is 6.07 Å². The van der Waals surface area contributed by atoms with Gasteiger partial charge in [0.05, 0.1) is 11.3 Å². The van der Waals surface area contributed by atoms with Crippen molar-refractivity contribution in [1.82, 2.24) is 5.32 Å². The monoisotopic (exact) mass is 240 g/mol. The van der Waals surface area contributed by atoms with E-state index < -0.39 is 17.8 Å². The minimum atomic E-state index is -1.30. The van der Waals surface area contributed by atoms with Crippen molar-refractivity contribution in [3.8, 4) is 0 Å². The largest absolute Gasteiger partial charge is 0.478 e. The molecule has 1 aromatic rings. The van der Waals surface area contributed by atoms with Crippen LogP contribution in [0.2, 0.25) is 0 Å². The van der Waals surface area contributed by atoms with E-state index in [0.29, 0.717) is 0 Å². The lowest BCUT2D eigenvalue weighted by Crippen LogP contribution is -2.34. The van der Waals surface area contributed by atoms with E-state index in [0.717, 1.165) is 12.1 Å². The number of carbonyl (C=O) groups excluding carboxylic acids is 1. The summed E-state index contributed by atoms with van der Waals surface area (Å²) >= 11 is 0. The number of hydrogen-bond donors (Lipinski definition) is 3. The van der Waals surface area contributed by atoms with Crippen molar-refractivity contribution in [3.05, 3.63) is 29.6 Å². The van der Waals surface area contributed by atoms with E-state index in [-0.39, 0.29) is 17.3 Å². The fourth-order valence-corrected chi connectivity index (χ4v) is 1.22. The van der Waals surface area contributed by atoms with Gasteiger partial charge in [0.1, 0.15) is 5.82 Å². The van der Waals surface area contributed by atoms with Crippen molar-refractivity contribution in [2.24, 2.45) is 0 Å². The number of nitrogens with one attached hydrogen (secondary N) is 2. The summed E-state index contributed by atoms with van der Waals surface area (Å²) in [6.07, 6.45) is 0. The van der Waals surface area contributed by atoms with Gasteiger partial charge in [0, 0.05) is 6.04 Å². The molecule has 0 fully saturated rings. The van der Waals surface area contributed by atoms with Crippen LogP contribution in [0.15, 0.2) is 18.2 Å². The summed E-state index contributed by atoms with van der Waals surface area (Å²) in [6.45, 7) is 3.53. The van der Waals surface area contributed by atoms with E-state index in [1.54, 1.807) is 13.8 Å². The predicted molar refractivity (Wildman–Crippen MR) is 60.6 cm³/mol. The maximum Gasteiger partial charge on any atom is 0.337 e. The van der Waals surface area contributed by atoms with Crippen molar-refractivity contribution in [2.45, 2.75) is 19.9 Å². The Kier molecular flexibility index (Phi) is 4.03. The standard InChI is InChI=1S/C11H13FN2O3/c1-6(2)13-11(17)14-9-4-3-7(12)5-8(9)10(15)16/h3-6H,1-2H3,(H,15,16)(H2,13,14,17). The summed E-state index contributed by atoms with van der Waals surface area (Å²) in [5.41, 5.74) is -0.235. The second-order valence-electron chi connectivity index (χ2n) is 3.75. The molecule has 2 amide bonds. The number of benzene rings is 1. The number of urea groups is 1. The summed E-state index contributed by atoms with van der Waals surface area (Å²) in [7, 11) is 0. The number of carboxylic acid groups (broad SMARTS) is 1.